The lowest BCUT2D eigenvalue weighted by Gasteiger charge is -2.32. The molecule has 2 aliphatic rings. The number of likely N-dealkylation sites (tertiary alicyclic amines) is 1. The third-order valence-electron chi connectivity index (χ3n) is 5.45. The Bertz CT molecular complexity index is 641. The second-order valence-corrected chi connectivity index (χ2v) is 7.23. The molecule has 0 aromatic heterocycles. The average Bonchev–Trinajstić information content (AvgIpc) is 3.21. The van der Waals surface area contributed by atoms with Crippen LogP contribution in [-0.2, 0) is 20.9 Å². The number of nitrogens with one attached hydrogen (secondary N) is 1. The molecule has 2 aliphatic heterocycles. The van der Waals surface area contributed by atoms with E-state index in [4.69, 9.17) is 15.2 Å². The Morgan fingerprint density at radius 1 is 1.19 bits per heavy atom. The summed E-state index contributed by atoms with van der Waals surface area (Å²) in [5.74, 6) is 0.848. The van der Waals surface area contributed by atoms with Crippen LogP contribution < -0.4 is 15.8 Å². The molecule has 3 rings (SSSR count). The molecule has 2 heterocycles. The van der Waals surface area contributed by atoms with Crippen LogP contribution in [0.3, 0.4) is 0 Å². The van der Waals surface area contributed by atoms with E-state index in [1.165, 1.54) is 0 Å². The maximum absolute atomic E-state index is 12.6. The van der Waals surface area contributed by atoms with E-state index in [1.807, 2.05) is 29.2 Å². The predicted molar refractivity (Wildman–Crippen MR) is 101 cm³/mol. The summed E-state index contributed by atoms with van der Waals surface area (Å²) >= 11 is 0. The minimum atomic E-state index is -0.362. The topological polar surface area (TPSA) is 93.9 Å². The monoisotopic (exact) mass is 375 g/mol. The summed E-state index contributed by atoms with van der Waals surface area (Å²) in [6.07, 6.45) is 2.60. The second kappa shape index (κ2) is 9.19. The van der Waals surface area contributed by atoms with Gasteiger partial charge in [0.1, 0.15) is 11.9 Å². The second-order valence-electron chi connectivity index (χ2n) is 7.23. The van der Waals surface area contributed by atoms with Gasteiger partial charge in [-0.15, -0.1) is 0 Å². The van der Waals surface area contributed by atoms with E-state index in [0.29, 0.717) is 39.0 Å². The average molecular weight is 375 g/mol. The Balaban J connectivity index is 1.41. The number of rotatable bonds is 6. The number of carbonyl (C=O) groups is 2. The zero-order chi connectivity index (χ0) is 19.2. The summed E-state index contributed by atoms with van der Waals surface area (Å²) in [5, 5.41) is 3.00. The van der Waals surface area contributed by atoms with Crippen LogP contribution in [-0.4, -0.2) is 55.7 Å². The molecule has 2 atom stereocenters. The molecule has 7 heteroatoms. The molecule has 1 aromatic rings. The number of piperidine rings is 1. The van der Waals surface area contributed by atoms with Gasteiger partial charge in [-0.2, -0.15) is 0 Å². The first kappa shape index (κ1) is 19.6. The molecule has 2 fully saturated rings. The molecule has 7 nitrogen and oxygen atoms in total. The van der Waals surface area contributed by atoms with Crippen molar-refractivity contribution < 1.29 is 19.1 Å². The molecule has 2 saturated heterocycles. The van der Waals surface area contributed by atoms with E-state index in [9.17, 15) is 9.59 Å². The number of hydrogen-bond donors (Lipinski definition) is 2. The summed E-state index contributed by atoms with van der Waals surface area (Å²) in [6, 6.07) is 7.64. The van der Waals surface area contributed by atoms with Gasteiger partial charge in [-0.3, -0.25) is 9.59 Å². The number of nitrogens with two attached hydrogens (primary N) is 1. The fourth-order valence-electron chi connectivity index (χ4n) is 3.70. The lowest BCUT2D eigenvalue weighted by atomic mass is 9.95. The van der Waals surface area contributed by atoms with Crippen LogP contribution in [0.1, 0.15) is 31.2 Å². The third kappa shape index (κ3) is 4.99. The maximum atomic E-state index is 12.6. The van der Waals surface area contributed by atoms with Crippen molar-refractivity contribution in [2.75, 3.05) is 26.7 Å². The maximum Gasteiger partial charge on any atom is 0.251 e. The van der Waals surface area contributed by atoms with Gasteiger partial charge in [0.05, 0.1) is 13.2 Å². The molecular weight excluding hydrogens is 346 g/mol. The first-order chi connectivity index (χ1) is 13.1. The van der Waals surface area contributed by atoms with Gasteiger partial charge in [-0.1, -0.05) is 12.1 Å². The predicted octanol–water partition coefficient (Wildman–Crippen LogP) is 1.06. The van der Waals surface area contributed by atoms with Crippen molar-refractivity contribution in [1.29, 1.82) is 0 Å². The summed E-state index contributed by atoms with van der Waals surface area (Å²) in [7, 11) is 1.63. The van der Waals surface area contributed by atoms with Gasteiger partial charge < -0.3 is 25.4 Å². The zero-order valence-corrected chi connectivity index (χ0v) is 15.9. The van der Waals surface area contributed by atoms with Crippen molar-refractivity contribution in [1.82, 2.24) is 10.2 Å². The molecule has 3 N–H and O–H groups in total. The van der Waals surface area contributed by atoms with Gasteiger partial charge in [-0.25, -0.2) is 0 Å². The minimum Gasteiger partial charge on any atom is -0.497 e. The molecule has 0 unspecified atom stereocenters. The van der Waals surface area contributed by atoms with E-state index < -0.39 is 0 Å². The highest BCUT2D eigenvalue weighted by Crippen LogP contribution is 2.24. The molecule has 27 heavy (non-hydrogen) atoms. The first-order valence-corrected chi connectivity index (χ1v) is 9.65. The van der Waals surface area contributed by atoms with Crippen molar-refractivity contribution in [3.63, 3.8) is 0 Å². The lowest BCUT2D eigenvalue weighted by molar-refractivity contribution is -0.145. The van der Waals surface area contributed by atoms with Gasteiger partial charge in [0.25, 0.3) is 5.91 Å². The van der Waals surface area contributed by atoms with Crippen molar-refractivity contribution in [3.8, 4) is 5.75 Å². The third-order valence-corrected chi connectivity index (χ3v) is 5.45. The lowest BCUT2D eigenvalue weighted by Crippen LogP contribution is -2.46. The van der Waals surface area contributed by atoms with Gasteiger partial charge in [0.2, 0.25) is 5.91 Å². The summed E-state index contributed by atoms with van der Waals surface area (Å²) in [5.41, 5.74) is 6.64. The van der Waals surface area contributed by atoms with Crippen LogP contribution in [0.15, 0.2) is 24.3 Å². The standard InChI is InChI=1S/C20H29N3O4/c1-26-16-4-2-14(3-5-16)13-22-19(24)15-8-10-23(11-9-15)20(25)18-7-6-17(12-21)27-18/h2-5,15,17-18H,6-13,21H2,1H3,(H,22,24)/t17-,18+/m1/s1. The van der Waals surface area contributed by atoms with Crippen molar-refractivity contribution >= 4 is 11.8 Å². The number of methoxy groups -OCH3 is 1. The highest BCUT2D eigenvalue weighted by Gasteiger charge is 2.35. The van der Waals surface area contributed by atoms with Crippen LogP contribution in [0, 0.1) is 5.92 Å². The van der Waals surface area contributed by atoms with Gasteiger partial charge in [0, 0.05) is 32.1 Å². The number of amides is 2. The minimum absolute atomic E-state index is 0.000205. The Morgan fingerprint density at radius 3 is 2.48 bits per heavy atom. The van der Waals surface area contributed by atoms with E-state index >= 15 is 0 Å². The van der Waals surface area contributed by atoms with Gasteiger partial charge in [0.15, 0.2) is 0 Å². The van der Waals surface area contributed by atoms with Crippen molar-refractivity contribution in [2.24, 2.45) is 11.7 Å². The number of ether oxygens (including phenoxy) is 2. The number of carbonyl (C=O) groups excluding carboxylic acids is 2. The normalized spacial score (nSPS) is 23.3. The molecule has 0 spiro atoms. The summed E-state index contributed by atoms with van der Waals surface area (Å²) in [4.78, 5) is 26.8. The molecular formula is C20H29N3O4. The van der Waals surface area contributed by atoms with Crippen LogP contribution in [0.4, 0.5) is 0 Å². The van der Waals surface area contributed by atoms with E-state index in [-0.39, 0.29) is 29.9 Å². The fraction of sp³-hybridized carbons (Fsp3) is 0.600. The SMILES string of the molecule is COc1ccc(CNC(=O)C2CCN(C(=O)[C@@H]3CC[C@H](CN)O3)CC2)cc1. The first-order valence-electron chi connectivity index (χ1n) is 9.65. The van der Waals surface area contributed by atoms with Crippen molar-refractivity contribution in [2.45, 2.75) is 44.4 Å². The van der Waals surface area contributed by atoms with Crippen LogP contribution in [0.25, 0.3) is 0 Å². The molecule has 2 amide bonds. The van der Waals surface area contributed by atoms with Crippen LogP contribution in [0.5, 0.6) is 5.75 Å². The molecule has 0 radical (unpaired) electrons. The van der Waals surface area contributed by atoms with Crippen molar-refractivity contribution in [3.05, 3.63) is 29.8 Å². The smallest absolute Gasteiger partial charge is 0.251 e. The Hall–Kier alpha value is -2.12. The van der Waals surface area contributed by atoms with Crippen LogP contribution >= 0.6 is 0 Å². The number of benzene rings is 1. The van der Waals surface area contributed by atoms with E-state index in [1.54, 1.807) is 7.11 Å². The molecule has 1 aromatic carbocycles. The highest BCUT2D eigenvalue weighted by atomic mass is 16.5. The largest absolute Gasteiger partial charge is 0.497 e. The number of hydrogen-bond acceptors (Lipinski definition) is 5. The Kier molecular flexibility index (Phi) is 6.68. The number of nitrogens with zero attached hydrogens (tertiary/aromatic N) is 1. The summed E-state index contributed by atoms with van der Waals surface area (Å²) in [6.45, 7) is 2.16. The van der Waals surface area contributed by atoms with Gasteiger partial charge in [-0.05, 0) is 43.4 Å². The summed E-state index contributed by atoms with van der Waals surface area (Å²) < 4.78 is 10.8. The Labute approximate surface area is 160 Å². The van der Waals surface area contributed by atoms with Gasteiger partial charge >= 0.3 is 0 Å². The molecule has 0 bridgehead atoms. The quantitative estimate of drug-likeness (QED) is 0.775. The Morgan fingerprint density at radius 2 is 1.89 bits per heavy atom. The molecule has 148 valence electrons. The van der Waals surface area contributed by atoms with Crippen LogP contribution in [0.2, 0.25) is 0 Å². The van der Waals surface area contributed by atoms with E-state index in [2.05, 4.69) is 5.32 Å². The fourth-order valence-corrected chi connectivity index (χ4v) is 3.70. The highest BCUT2D eigenvalue weighted by molar-refractivity contribution is 5.82. The molecule has 0 saturated carbocycles. The zero-order valence-electron chi connectivity index (χ0n) is 15.9. The molecule has 0 aliphatic carbocycles. The van der Waals surface area contributed by atoms with E-state index in [0.717, 1.165) is 24.2 Å².